The molecule has 0 aliphatic rings. The number of hydrogen-bond acceptors (Lipinski definition) is 2. The van der Waals surface area contributed by atoms with Crippen LogP contribution in [0.2, 0.25) is 0 Å². The lowest BCUT2D eigenvalue weighted by molar-refractivity contribution is 0.265. The topological polar surface area (TPSA) is 40.5 Å². The highest BCUT2D eigenvalue weighted by atomic mass is 27.0. The van der Waals surface area contributed by atoms with Crippen LogP contribution in [-0.4, -0.2) is 40.8 Å². The molecular weight excluding hydrogens is 131 g/mol. The zero-order chi connectivity index (χ0) is 6.24. The van der Waals surface area contributed by atoms with Crippen LogP contribution < -0.4 is 0 Å². The van der Waals surface area contributed by atoms with Gasteiger partial charge in [0.05, 0.1) is 0 Å². The third kappa shape index (κ3) is 11.8. The molecule has 0 spiro atoms. The Morgan fingerprint density at radius 1 is 0.667 bits per heavy atom. The highest BCUT2D eigenvalue weighted by molar-refractivity contribution is 5.75. The molecule has 0 heterocycles. The van der Waals surface area contributed by atoms with Gasteiger partial charge in [0.1, 0.15) is 0 Å². The van der Waals surface area contributed by atoms with Gasteiger partial charge < -0.3 is 10.2 Å². The van der Waals surface area contributed by atoms with Crippen LogP contribution in [0.25, 0.3) is 0 Å². The summed E-state index contributed by atoms with van der Waals surface area (Å²) in [5.74, 6) is 0. The van der Waals surface area contributed by atoms with Crippen molar-refractivity contribution in [3.05, 3.63) is 0 Å². The van der Waals surface area contributed by atoms with E-state index in [1.807, 2.05) is 0 Å². The zero-order valence-corrected chi connectivity index (χ0v) is 5.14. The number of aliphatic hydroxyl groups excluding tert-OH is 2. The van der Waals surface area contributed by atoms with E-state index in [0.717, 1.165) is 25.7 Å². The first-order valence-corrected chi connectivity index (χ1v) is 3.13. The van der Waals surface area contributed by atoms with Crippen molar-refractivity contribution in [3.8, 4) is 0 Å². The van der Waals surface area contributed by atoms with Crippen LogP contribution in [0.4, 0.5) is 0 Å². The van der Waals surface area contributed by atoms with E-state index in [2.05, 4.69) is 0 Å². The second-order valence-corrected chi connectivity index (χ2v) is 1.86. The van der Waals surface area contributed by atoms with Crippen LogP contribution in [0.3, 0.4) is 0 Å². The van der Waals surface area contributed by atoms with Crippen molar-refractivity contribution in [1.29, 1.82) is 0 Å². The van der Waals surface area contributed by atoms with Crippen LogP contribution in [0.5, 0.6) is 0 Å². The summed E-state index contributed by atoms with van der Waals surface area (Å²) in [6.45, 7) is 0.566. The van der Waals surface area contributed by atoms with Gasteiger partial charge in [0.25, 0.3) is 0 Å². The highest BCUT2D eigenvalue weighted by Crippen LogP contribution is 1.96. The second kappa shape index (κ2) is 11.3. The number of rotatable bonds is 5. The standard InChI is InChI=1S/C6H14O2.Al.3H/c7-5-3-1-2-4-6-8;;;;/h7-8H,1-6H2;;;;. The fourth-order valence-electron chi connectivity index (χ4n) is 0.577. The molecule has 0 saturated carbocycles. The van der Waals surface area contributed by atoms with E-state index in [1.54, 1.807) is 0 Å². The minimum atomic E-state index is 0. The number of hydrogen-bond donors (Lipinski definition) is 2. The molecule has 0 radical (unpaired) electrons. The molecule has 0 aliphatic carbocycles. The SMILES string of the molecule is OCCCCCCO.[AlH3]. The molecule has 3 heteroatoms. The quantitative estimate of drug-likeness (QED) is 0.401. The maximum absolute atomic E-state index is 8.30. The number of unbranched alkanes of at least 4 members (excludes halogenated alkanes) is 3. The Labute approximate surface area is 67.0 Å². The van der Waals surface area contributed by atoms with Gasteiger partial charge in [0, 0.05) is 13.2 Å². The molecule has 0 aromatic heterocycles. The fourth-order valence-corrected chi connectivity index (χ4v) is 0.577. The lowest BCUT2D eigenvalue weighted by atomic mass is 10.2. The van der Waals surface area contributed by atoms with E-state index in [0.29, 0.717) is 0 Å². The Balaban J connectivity index is 0. The molecule has 0 aromatic carbocycles. The van der Waals surface area contributed by atoms with E-state index in [-0.39, 0.29) is 30.6 Å². The highest BCUT2D eigenvalue weighted by Gasteiger charge is 1.84. The van der Waals surface area contributed by atoms with Crippen molar-refractivity contribution in [3.63, 3.8) is 0 Å². The maximum Gasteiger partial charge on any atom is 0.187 e. The lowest BCUT2D eigenvalue weighted by Crippen LogP contribution is -1.85. The molecule has 0 saturated heterocycles. The molecule has 2 nitrogen and oxygen atoms in total. The molecule has 0 unspecified atom stereocenters. The molecule has 2 N–H and O–H groups in total. The summed E-state index contributed by atoms with van der Waals surface area (Å²) in [7, 11) is 0. The van der Waals surface area contributed by atoms with E-state index in [1.165, 1.54) is 0 Å². The van der Waals surface area contributed by atoms with E-state index in [9.17, 15) is 0 Å². The van der Waals surface area contributed by atoms with Gasteiger partial charge >= 0.3 is 0 Å². The minimum Gasteiger partial charge on any atom is -0.396 e. The summed E-state index contributed by atoms with van der Waals surface area (Å²) in [6, 6.07) is 0. The van der Waals surface area contributed by atoms with Gasteiger partial charge in [-0.3, -0.25) is 0 Å². The Morgan fingerprint density at radius 3 is 1.22 bits per heavy atom. The Bertz CT molecular complexity index is 36.0. The van der Waals surface area contributed by atoms with E-state index in [4.69, 9.17) is 10.2 Å². The van der Waals surface area contributed by atoms with Gasteiger partial charge in [-0.05, 0) is 12.8 Å². The van der Waals surface area contributed by atoms with Crippen LogP contribution in [0, 0.1) is 0 Å². The summed E-state index contributed by atoms with van der Waals surface area (Å²) < 4.78 is 0. The van der Waals surface area contributed by atoms with Crippen molar-refractivity contribution in [2.75, 3.05) is 13.2 Å². The van der Waals surface area contributed by atoms with Crippen molar-refractivity contribution >= 4 is 17.4 Å². The van der Waals surface area contributed by atoms with Crippen molar-refractivity contribution in [1.82, 2.24) is 0 Å². The van der Waals surface area contributed by atoms with Crippen LogP contribution in [-0.2, 0) is 0 Å². The van der Waals surface area contributed by atoms with Gasteiger partial charge in [0.15, 0.2) is 17.4 Å². The predicted octanol–water partition coefficient (Wildman–Crippen LogP) is -0.653. The Kier molecular flexibility index (Phi) is 15.2. The predicted molar refractivity (Wildman–Crippen MR) is 42.6 cm³/mol. The largest absolute Gasteiger partial charge is 0.396 e. The summed E-state index contributed by atoms with van der Waals surface area (Å²) in [4.78, 5) is 0. The van der Waals surface area contributed by atoms with Crippen molar-refractivity contribution < 1.29 is 10.2 Å². The van der Waals surface area contributed by atoms with E-state index >= 15 is 0 Å². The van der Waals surface area contributed by atoms with Crippen LogP contribution in [0.15, 0.2) is 0 Å². The third-order valence-electron chi connectivity index (χ3n) is 1.07. The summed E-state index contributed by atoms with van der Waals surface area (Å²) in [5.41, 5.74) is 0. The first-order valence-electron chi connectivity index (χ1n) is 3.13. The Morgan fingerprint density at radius 2 is 1.00 bits per heavy atom. The zero-order valence-electron chi connectivity index (χ0n) is 5.14. The first kappa shape index (κ1) is 12.2. The van der Waals surface area contributed by atoms with E-state index < -0.39 is 0 Å². The van der Waals surface area contributed by atoms with Gasteiger partial charge in [-0.1, -0.05) is 12.8 Å². The molecule has 0 aromatic rings. The smallest absolute Gasteiger partial charge is 0.187 e. The molecule has 9 heavy (non-hydrogen) atoms. The summed E-state index contributed by atoms with van der Waals surface area (Å²) >= 11 is 0. The van der Waals surface area contributed by atoms with Crippen molar-refractivity contribution in [2.45, 2.75) is 25.7 Å². The molecule has 0 bridgehead atoms. The third-order valence-corrected chi connectivity index (χ3v) is 1.07. The monoisotopic (exact) mass is 148 g/mol. The van der Waals surface area contributed by atoms with Crippen LogP contribution >= 0.6 is 0 Å². The second-order valence-electron chi connectivity index (χ2n) is 1.86. The number of aliphatic hydroxyl groups is 2. The van der Waals surface area contributed by atoms with Gasteiger partial charge in [-0.2, -0.15) is 0 Å². The van der Waals surface area contributed by atoms with Gasteiger partial charge in [-0.15, -0.1) is 0 Å². The van der Waals surface area contributed by atoms with Gasteiger partial charge in [-0.25, -0.2) is 0 Å². The maximum atomic E-state index is 8.30. The molecule has 0 fully saturated rings. The van der Waals surface area contributed by atoms with Gasteiger partial charge in [0.2, 0.25) is 0 Å². The molecule has 0 amide bonds. The average Bonchev–Trinajstić information content (AvgIpc) is 1.81. The lowest BCUT2D eigenvalue weighted by Gasteiger charge is -1.93. The minimum absolute atomic E-state index is 0. The average molecular weight is 148 g/mol. The van der Waals surface area contributed by atoms with Crippen molar-refractivity contribution in [2.24, 2.45) is 0 Å². The summed E-state index contributed by atoms with van der Waals surface area (Å²) in [5, 5.41) is 16.6. The first-order chi connectivity index (χ1) is 3.91. The molecule has 0 atom stereocenters. The Hall–Kier alpha value is 0.452. The fraction of sp³-hybridized carbons (Fsp3) is 1.00. The normalized spacial score (nSPS) is 8.67. The van der Waals surface area contributed by atoms with Crippen LogP contribution in [0.1, 0.15) is 25.7 Å². The summed E-state index contributed by atoms with van der Waals surface area (Å²) in [6.07, 6.45) is 3.83. The molecular formula is C6H17AlO2. The molecule has 0 rings (SSSR count). The molecule has 0 aliphatic heterocycles. The molecule has 56 valence electrons.